The Morgan fingerprint density at radius 1 is 0.875 bits per heavy atom. The molecule has 4 aromatic rings. The zero-order chi connectivity index (χ0) is 16.7. The highest BCUT2D eigenvalue weighted by Crippen LogP contribution is 2.39. The van der Waals surface area contributed by atoms with Crippen molar-refractivity contribution in [3.8, 4) is 11.1 Å². The molecule has 0 atom stereocenters. The Labute approximate surface area is 136 Å². The molecule has 116 valence electrons. The van der Waals surface area contributed by atoms with Crippen LogP contribution in [0, 0.1) is 10.1 Å². The van der Waals surface area contributed by atoms with Gasteiger partial charge < -0.3 is 5.73 Å². The fraction of sp³-hybridized carbons (Fsp3) is 0. The zero-order valence-electron chi connectivity index (χ0n) is 12.5. The number of anilines is 1. The van der Waals surface area contributed by atoms with Gasteiger partial charge in [0.05, 0.1) is 27.0 Å². The van der Waals surface area contributed by atoms with Gasteiger partial charge in [0.25, 0.3) is 0 Å². The molecule has 0 bridgehead atoms. The molecule has 6 nitrogen and oxygen atoms in total. The standard InChI is InChI=1S/C18H12N4O2/c19-16-17-15(20-13-8-4-5-9-14(13)21-17)10-12(18(16)22(23)24)11-6-2-1-3-7-11/h1-10H,19H2. The van der Waals surface area contributed by atoms with Crippen LogP contribution in [-0.4, -0.2) is 14.9 Å². The molecule has 0 unspecified atom stereocenters. The lowest BCUT2D eigenvalue weighted by atomic mass is 10.0. The second-order valence-corrected chi connectivity index (χ2v) is 5.39. The average Bonchev–Trinajstić information content (AvgIpc) is 2.60. The highest BCUT2D eigenvalue weighted by atomic mass is 16.6. The zero-order valence-corrected chi connectivity index (χ0v) is 12.5. The summed E-state index contributed by atoms with van der Waals surface area (Å²) in [6.45, 7) is 0. The van der Waals surface area contributed by atoms with Crippen molar-refractivity contribution < 1.29 is 4.92 Å². The first-order valence-electron chi connectivity index (χ1n) is 7.34. The monoisotopic (exact) mass is 316 g/mol. The van der Waals surface area contributed by atoms with Gasteiger partial charge in [0.2, 0.25) is 0 Å². The Morgan fingerprint density at radius 2 is 1.50 bits per heavy atom. The summed E-state index contributed by atoms with van der Waals surface area (Å²) in [5.41, 5.74) is 9.41. The van der Waals surface area contributed by atoms with Gasteiger partial charge >= 0.3 is 5.69 Å². The highest BCUT2D eigenvalue weighted by Gasteiger charge is 2.24. The quantitative estimate of drug-likeness (QED) is 0.261. The predicted molar refractivity (Wildman–Crippen MR) is 93.5 cm³/mol. The number of para-hydroxylation sites is 2. The van der Waals surface area contributed by atoms with E-state index in [4.69, 9.17) is 5.73 Å². The molecule has 24 heavy (non-hydrogen) atoms. The normalized spacial score (nSPS) is 11.0. The average molecular weight is 316 g/mol. The van der Waals surface area contributed by atoms with Crippen LogP contribution in [0.3, 0.4) is 0 Å². The van der Waals surface area contributed by atoms with E-state index in [1.807, 2.05) is 48.5 Å². The first-order chi connectivity index (χ1) is 11.6. The van der Waals surface area contributed by atoms with Gasteiger partial charge in [-0.3, -0.25) is 10.1 Å². The van der Waals surface area contributed by atoms with Crippen molar-refractivity contribution in [1.29, 1.82) is 0 Å². The summed E-state index contributed by atoms with van der Waals surface area (Å²) in [5.74, 6) is 0. The molecular weight excluding hydrogens is 304 g/mol. The Bertz CT molecular complexity index is 1090. The van der Waals surface area contributed by atoms with Crippen LogP contribution >= 0.6 is 0 Å². The van der Waals surface area contributed by atoms with Crippen molar-refractivity contribution >= 4 is 33.4 Å². The Kier molecular flexibility index (Phi) is 3.09. The molecule has 0 saturated heterocycles. The maximum Gasteiger partial charge on any atom is 0.302 e. The van der Waals surface area contributed by atoms with Gasteiger partial charge in [-0.2, -0.15) is 0 Å². The molecule has 6 heteroatoms. The molecule has 0 aliphatic carbocycles. The topological polar surface area (TPSA) is 94.9 Å². The first kappa shape index (κ1) is 14.1. The van der Waals surface area contributed by atoms with Crippen LogP contribution < -0.4 is 5.73 Å². The molecule has 0 spiro atoms. The van der Waals surface area contributed by atoms with Crippen LogP contribution in [0.2, 0.25) is 0 Å². The number of hydrogen-bond donors (Lipinski definition) is 1. The lowest BCUT2D eigenvalue weighted by molar-refractivity contribution is -0.383. The smallest absolute Gasteiger partial charge is 0.302 e. The van der Waals surface area contributed by atoms with E-state index in [1.165, 1.54) is 0 Å². The molecule has 1 heterocycles. The number of nitrogen functional groups attached to an aromatic ring is 1. The molecular formula is C18H12N4O2. The van der Waals surface area contributed by atoms with Gasteiger partial charge in [-0.1, -0.05) is 42.5 Å². The number of benzene rings is 3. The van der Waals surface area contributed by atoms with Crippen LogP contribution in [0.4, 0.5) is 11.4 Å². The molecule has 0 fully saturated rings. The second-order valence-electron chi connectivity index (χ2n) is 5.39. The summed E-state index contributed by atoms with van der Waals surface area (Å²) >= 11 is 0. The van der Waals surface area contributed by atoms with E-state index in [9.17, 15) is 10.1 Å². The fourth-order valence-corrected chi connectivity index (χ4v) is 2.81. The Morgan fingerprint density at radius 3 is 2.17 bits per heavy atom. The minimum absolute atomic E-state index is 0.0367. The lowest BCUT2D eigenvalue weighted by Crippen LogP contribution is -2.02. The Hall–Kier alpha value is -3.54. The van der Waals surface area contributed by atoms with Crippen molar-refractivity contribution in [3.63, 3.8) is 0 Å². The minimum Gasteiger partial charge on any atom is -0.391 e. The van der Waals surface area contributed by atoms with Crippen LogP contribution in [0.25, 0.3) is 33.2 Å². The third-order valence-corrected chi connectivity index (χ3v) is 3.91. The maximum absolute atomic E-state index is 11.6. The van der Waals surface area contributed by atoms with Crippen LogP contribution in [-0.2, 0) is 0 Å². The van der Waals surface area contributed by atoms with Crippen molar-refractivity contribution in [2.75, 3.05) is 5.73 Å². The van der Waals surface area contributed by atoms with E-state index < -0.39 is 4.92 Å². The van der Waals surface area contributed by atoms with Gasteiger partial charge in [0.15, 0.2) is 0 Å². The number of nitrogens with two attached hydrogens (primary N) is 1. The number of aromatic nitrogens is 2. The van der Waals surface area contributed by atoms with Crippen LogP contribution in [0.1, 0.15) is 0 Å². The number of fused-ring (bicyclic) bond motifs is 2. The number of rotatable bonds is 2. The molecule has 0 radical (unpaired) electrons. The van der Waals surface area contributed by atoms with E-state index in [0.717, 1.165) is 5.52 Å². The molecule has 3 aromatic carbocycles. The van der Waals surface area contributed by atoms with Gasteiger partial charge in [0, 0.05) is 0 Å². The van der Waals surface area contributed by atoms with Crippen molar-refractivity contribution in [1.82, 2.24) is 9.97 Å². The molecule has 2 N–H and O–H groups in total. The van der Waals surface area contributed by atoms with E-state index in [0.29, 0.717) is 27.7 Å². The Balaban J connectivity index is 2.13. The summed E-state index contributed by atoms with van der Waals surface area (Å²) < 4.78 is 0. The molecule has 4 rings (SSSR count). The number of hydrogen-bond acceptors (Lipinski definition) is 5. The lowest BCUT2D eigenvalue weighted by Gasteiger charge is -2.09. The predicted octanol–water partition coefficient (Wildman–Crippen LogP) is 3.94. The third kappa shape index (κ3) is 2.13. The summed E-state index contributed by atoms with van der Waals surface area (Å²) in [7, 11) is 0. The minimum atomic E-state index is -0.464. The maximum atomic E-state index is 11.6. The van der Waals surface area contributed by atoms with Crippen LogP contribution in [0.15, 0.2) is 60.7 Å². The first-order valence-corrected chi connectivity index (χ1v) is 7.34. The van der Waals surface area contributed by atoms with Gasteiger partial charge in [-0.25, -0.2) is 9.97 Å². The summed E-state index contributed by atoms with van der Waals surface area (Å²) in [5, 5.41) is 11.6. The SMILES string of the molecule is Nc1c([N+](=O)[O-])c(-c2ccccc2)cc2nc3ccccc3nc12. The molecule has 1 aromatic heterocycles. The largest absolute Gasteiger partial charge is 0.391 e. The van der Waals surface area contributed by atoms with Gasteiger partial charge in [-0.15, -0.1) is 0 Å². The molecule has 0 amide bonds. The van der Waals surface area contributed by atoms with Crippen molar-refractivity contribution in [3.05, 3.63) is 70.8 Å². The highest BCUT2D eigenvalue weighted by molar-refractivity contribution is 6.02. The molecule has 0 aliphatic rings. The third-order valence-electron chi connectivity index (χ3n) is 3.91. The van der Waals surface area contributed by atoms with E-state index in [2.05, 4.69) is 9.97 Å². The van der Waals surface area contributed by atoms with Gasteiger partial charge in [0.1, 0.15) is 11.2 Å². The number of nitrogens with zero attached hydrogens (tertiary/aromatic N) is 3. The van der Waals surface area contributed by atoms with Crippen LogP contribution in [0.5, 0.6) is 0 Å². The number of nitro benzene ring substituents is 1. The van der Waals surface area contributed by atoms with E-state index in [1.54, 1.807) is 12.1 Å². The van der Waals surface area contributed by atoms with Gasteiger partial charge in [-0.05, 0) is 23.8 Å². The van der Waals surface area contributed by atoms with E-state index in [-0.39, 0.29) is 11.4 Å². The van der Waals surface area contributed by atoms with Crippen molar-refractivity contribution in [2.24, 2.45) is 0 Å². The summed E-state index contributed by atoms with van der Waals surface area (Å²) in [4.78, 5) is 20.2. The summed E-state index contributed by atoms with van der Waals surface area (Å²) in [6.07, 6.45) is 0. The molecule has 0 aliphatic heterocycles. The fourth-order valence-electron chi connectivity index (χ4n) is 2.81. The second kappa shape index (κ2) is 5.27. The summed E-state index contributed by atoms with van der Waals surface area (Å²) in [6, 6.07) is 18.2. The number of nitro groups is 1. The van der Waals surface area contributed by atoms with Crippen molar-refractivity contribution in [2.45, 2.75) is 0 Å². The molecule has 0 saturated carbocycles. The van der Waals surface area contributed by atoms with E-state index >= 15 is 0 Å².